The van der Waals surface area contributed by atoms with Crippen molar-refractivity contribution in [2.24, 2.45) is 0 Å². The molecule has 112 valence electrons. The largest absolute Gasteiger partial charge is 0.370 e. The summed E-state index contributed by atoms with van der Waals surface area (Å²) in [5.41, 5.74) is 0.324. The van der Waals surface area contributed by atoms with Crippen molar-refractivity contribution in [3.8, 4) is 0 Å². The van der Waals surface area contributed by atoms with Crippen LogP contribution < -0.4 is 10.6 Å². The fraction of sp³-hybridized carbons (Fsp3) is 0.538. The van der Waals surface area contributed by atoms with Crippen molar-refractivity contribution < 1.29 is 13.2 Å². The van der Waals surface area contributed by atoms with Gasteiger partial charge in [0.25, 0.3) is 5.91 Å². The molecule has 0 saturated carbocycles. The number of rotatable bonds is 8. The van der Waals surface area contributed by atoms with E-state index in [2.05, 4.69) is 15.6 Å². The van der Waals surface area contributed by atoms with Crippen LogP contribution in [-0.2, 0) is 9.84 Å². The number of hydrogen-bond acceptors (Lipinski definition) is 5. The van der Waals surface area contributed by atoms with Crippen LogP contribution in [0.4, 0.5) is 5.82 Å². The fourth-order valence-corrected chi connectivity index (χ4v) is 2.21. The van der Waals surface area contributed by atoms with E-state index in [1.54, 1.807) is 18.2 Å². The first-order chi connectivity index (χ1) is 9.42. The third-order valence-electron chi connectivity index (χ3n) is 2.52. The quantitative estimate of drug-likeness (QED) is 0.701. The van der Waals surface area contributed by atoms with Crippen LogP contribution in [0, 0.1) is 0 Å². The molecule has 0 aliphatic rings. The minimum absolute atomic E-state index is 0.0683. The Bertz CT molecular complexity index is 544. The van der Waals surface area contributed by atoms with Gasteiger partial charge in [0, 0.05) is 19.3 Å². The summed E-state index contributed by atoms with van der Waals surface area (Å²) in [6.45, 7) is 3.16. The van der Waals surface area contributed by atoms with Gasteiger partial charge in [-0.2, -0.15) is 0 Å². The predicted molar refractivity (Wildman–Crippen MR) is 79.7 cm³/mol. The van der Waals surface area contributed by atoms with Crippen molar-refractivity contribution in [3.05, 3.63) is 23.9 Å². The van der Waals surface area contributed by atoms with Crippen molar-refractivity contribution in [2.45, 2.75) is 19.8 Å². The maximum atomic E-state index is 11.8. The zero-order chi connectivity index (χ0) is 15.0. The molecule has 0 aliphatic heterocycles. The third kappa shape index (κ3) is 6.51. The molecule has 0 bridgehead atoms. The molecule has 7 heteroatoms. The topological polar surface area (TPSA) is 88.2 Å². The van der Waals surface area contributed by atoms with Gasteiger partial charge in [-0.1, -0.05) is 13.0 Å². The van der Waals surface area contributed by atoms with E-state index in [0.717, 1.165) is 13.0 Å². The number of nitrogens with one attached hydrogen (secondary N) is 2. The minimum Gasteiger partial charge on any atom is -0.370 e. The van der Waals surface area contributed by atoms with E-state index in [1.165, 1.54) is 6.26 Å². The summed E-state index contributed by atoms with van der Waals surface area (Å²) < 4.78 is 21.9. The SMILES string of the molecule is CCCNc1cccc(C(=O)NCCCS(C)(=O)=O)n1. The van der Waals surface area contributed by atoms with Crippen LogP contribution in [0.2, 0.25) is 0 Å². The van der Waals surface area contributed by atoms with Crippen LogP contribution in [0.5, 0.6) is 0 Å². The summed E-state index contributed by atoms with van der Waals surface area (Å²) in [5.74, 6) is 0.438. The lowest BCUT2D eigenvalue weighted by molar-refractivity contribution is 0.0949. The molecule has 0 radical (unpaired) electrons. The highest BCUT2D eigenvalue weighted by Gasteiger charge is 2.08. The van der Waals surface area contributed by atoms with Crippen LogP contribution in [0.3, 0.4) is 0 Å². The Morgan fingerprint density at radius 1 is 1.30 bits per heavy atom. The number of sulfone groups is 1. The molecule has 0 aromatic carbocycles. The first-order valence-electron chi connectivity index (χ1n) is 6.59. The van der Waals surface area contributed by atoms with Gasteiger partial charge in [-0.3, -0.25) is 4.79 Å². The summed E-state index contributed by atoms with van der Waals surface area (Å²) in [7, 11) is -2.98. The average Bonchev–Trinajstić information content (AvgIpc) is 2.40. The maximum absolute atomic E-state index is 11.8. The predicted octanol–water partition coefficient (Wildman–Crippen LogP) is 1.07. The second-order valence-corrected chi connectivity index (χ2v) is 6.83. The summed E-state index contributed by atoms with van der Waals surface area (Å²) in [6, 6.07) is 5.19. The van der Waals surface area contributed by atoms with E-state index in [-0.39, 0.29) is 11.7 Å². The molecule has 0 unspecified atom stereocenters. The molecule has 0 fully saturated rings. The average molecular weight is 299 g/mol. The van der Waals surface area contributed by atoms with E-state index < -0.39 is 9.84 Å². The van der Waals surface area contributed by atoms with Crippen LogP contribution in [-0.4, -0.2) is 44.4 Å². The molecule has 0 atom stereocenters. The van der Waals surface area contributed by atoms with Gasteiger partial charge in [-0.15, -0.1) is 0 Å². The smallest absolute Gasteiger partial charge is 0.269 e. The fourth-order valence-electron chi connectivity index (χ4n) is 1.54. The normalized spacial score (nSPS) is 11.1. The molecule has 6 nitrogen and oxygen atoms in total. The number of nitrogens with zero attached hydrogens (tertiary/aromatic N) is 1. The van der Waals surface area contributed by atoms with Crippen molar-refractivity contribution in [3.63, 3.8) is 0 Å². The summed E-state index contributed by atoms with van der Waals surface area (Å²) in [6.07, 6.45) is 2.56. The zero-order valence-electron chi connectivity index (χ0n) is 11.8. The Balaban J connectivity index is 2.46. The lowest BCUT2D eigenvalue weighted by atomic mass is 10.3. The second-order valence-electron chi connectivity index (χ2n) is 4.57. The molecule has 1 rings (SSSR count). The number of aromatic nitrogens is 1. The third-order valence-corrected chi connectivity index (χ3v) is 3.55. The zero-order valence-corrected chi connectivity index (χ0v) is 12.7. The van der Waals surface area contributed by atoms with Crippen molar-refractivity contribution in [1.82, 2.24) is 10.3 Å². The second kappa shape index (κ2) is 7.84. The van der Waals surface area contributed by atoms with Gasteiger partial charge in [0.15, 0.2) is 0 Å². The molecular formula is C13H21N3O3S. The summed E-state index contributed by atoms with van der Waals surface area (Å²) in [5, 5.41) is 5.77. The molecule has 0 spiro atoms. The van der Waals surface area contributed by atoms with E-state index in [1.807, 2.05) is 6.92 Å². The molecule has 1 aromatic rings. The molecular weight excluding hydrogens is 278 g/mol. The molecule has 0 saturated heterocycles. The first kappa shape index (κ1) is 16.4. The number of carbonyl (C=O) groups is 1. The number of amides is 1. The van der Waals surface area contributed by atoms with E-state index >= 15 is 0 Å². The minimum atomic E-state index is -2.98. The standard InChI is InChI=1S/C13H21N3O3S/c1-3-8-14-12-7-4-6-11(16-12)13(17)15-9-5-10-20(2,18)19/h4,6-7H,3,5,8-10H2,1-2H3,(H,14,16)(H,15,17). The van der Waals surface area contributed by atoms with E-state index in [0.29, 0.717) is 24.5 Å². The number of pyridine rings is 1. The molecule has 1 aromatic heterocycles. The van der Waals surface area contributed by atoms with Gasteiger partial charge >= 0.3 is 0 Å². The Morgan fingerprint density at radius 3 is 2.70 bits per heavy atom. The molecule has 0 aliphatic carbocycles. The lowest BCUT2D eigenvalue weighted by Gasteiger charge is -2.07. The highest BCUT2D eigenvalue weighted by Crippen LogP contribution is 2.04. The van der Waals surface area contributed by atoms with Crippen molar-refractivity contribution >= 4 is 21.6 Å². The van der Waals surface area contributed by atoms with Crippen molar-refractivity contribution in [1.29, 1.82) is 0 Å². The van der Waals surface area contributed by atoms with Gasteiger partial charge in [0.2, 0.25) is 0 Å². The number of carbonyl (C=O) groups excluding carboxylic acids is 1. The highest BCUT2D eigenvalue weighted by molar-refractivity contribution is 7.90. The Hall–Kier alpha value is -1.63. The number of hydrogen-bond donors (Lipinski definition) is 2. The van der Waals surface area contributed by atoms with Gasteiger partial charge in [0.1, 0.15) is 21.3 Å². The first-order valence-corrected chi connectivity index (χ1v) is 8.65. The summed E-state index contributed by atoms with van der Waals surface area (Å²) >= 11 is 0. The monoisotopic (exact) mass is 299 g/mol. The maximum Gasteiger partial charge on any atom is 0.269 e. The van der Waals surface area contributed by atoms with Gasteiger partial charge < -0.3 is 10.6 Å². The van der Waals surface area contributed by atoms with Gasteiger partial charge in [-0.25, -0.2) is 13.4 Å². The lowest BCUT2D eigenvalue weighted by Crippen LogP contribution is -2.26. The van der Waals surface area contributed by atoms with E-state index in [4.69, 9.17) is 0 Å². The van der Waals surface area contributed by atoms with E-state index in [9.17, 15) is 13.2 Å². The molecule has 1 amide bonds. The Labute approximate surface area is 119 Å². The van der Waals surface area contributed by atoms with Gasteiger partial charge in [-0.05, 0) is 25.0 Å². The highest BCUT2D eigenvalue weighted by atomic mass is 32.2. The molecule has 20 heavy (non-hydrogen) atoms. The van der Waals surface area contributed by atoms with Crippen molar-refractivity contribution in [2.75, 3.05) is 30.4 Å². The van der Waals surface area contributed by atoms with Crippen LogP contribution in [0.25, 0.3) is 0 Å². The van der Waals surface area contributed by atoms with Gasteiger partial charge in [0.05, 0.1) is 5.75 Å². The molecule has 1 heterocycles. The van der Waals surface area contributed by atoms with Crippen LogP contribution in [0.1, 0.15) is 30.3 Å². The number of anilines is 1. The van der Waals surface area contributed by atoms with Crippen LogP contribution in [0.15, 0.2) is 18.2 Å². The summed E-state index contributed by atoms with van der Waals surface area (Å²) in [4.78, 5) is 16.0. The Morgan fingerprint density at radius 2 is 2.05 bits per heavy atom. The Kier molecular flexibility index (Phi) is 6.44. The molecule has 2 N–H and O–H groups in total. The van der Waals surface area contributed by atoms with Crippen LogP contribution >= 0.6 is 0 Å².